The molecule has 1 amide bonds. The summed E-state index contributed by atoms with van der Waals surface area (Å²) in [5.74, 6) is 0.657. The molecule has 2 aromatic rings. The zero-order chi connectivity index (χ0) is 17.6. The molecule has 1 aromatic heterocycles. The molecule has 0 atom stereocenters. The van der Waals surface area contributed by atoms with E-state index in [4.69, 9.17) is 0 Å². The molecule has 0 saturated carbocycles. The molecular formula is C20H25N3OS. The summed E-state index contributed by atoms with van der Waals surface area (Å²) in [4.78, 5) is 14.3. The van der Waals surface area contributed by atoms with Gasteiger partial charge in [-0.1, -0.05) is 42.3 Å². The summed E-state index contributed by atoms with van der Waals surface area (Å²) >= 11 is 1.48. The predicted molar refractivity (Wildman–Crippen MR) is 103 cm³/mol. The third-order valence-electron chi connectivity index (χ3n) is 4.61. The maximum Gasteiger partial charge on any atom is 0.232 e. The molecule has 1 saturated heterocycles. The summed E-state index contributed by atoms with van der Waals surface area (Å²) in [7, 11) is 0. The molecule has 1 aromatic carbocycles. The average Bonchev–Trinajstić information content (AvgIpc) is 2.92. The van der Waals surface area contributed by atoms with Gasteiger partial charge in [-0.15, -0.1) is 10.2 Å². The van der Waals surface area contributed by atoms with Crippen molar-refractivity contribution in [2.24, 2.45) is 0 Å². The number of benzene rings is 1. The minimum absolute atomic E-state index is 0.215. The summed E-state index contributed by atoms with van der Waals surface area (Å²) in [6.45, 7) is 5.96. The van der Waals surface area contributed by atoms with Crippen LogP contribution in [0.5, 0.6) is 0 Å². The Balaban J connectivity index is 1.61. The Hall–Kier alpha value is -1.88. The van der Waals surface area contributed by atoms with Crippen LogP contribution in [0.4, 0.5) is 0 Å². The predicted octanol–water partition coefficient (Wildman–Crippen LogP) is 4.26. The normalized spacial score (nSPS) is 15.0. The van der Waals surface area contributed by atoms with Crippen molar-refractivity contribution < 1.29 is 4.79 Å². The van der Waals surface area contributed by atoms with Crippen LogP contribution in [0, 0.1) is 13.8 Å². The Morgan fingerprint density at radius 1 is 1.04 bits per heavy atom. The van der Waals surface area contributed by atoms with Crippen molar-refractivity contribution in [2.45, 2.75) is 44.6 Å². The van der Waals surface area contributed by atoms with Gasteiger partial charge in [0, 0.05) is 18.7 Å². The molecule has 3 rings (SSSR count). The highest BCUT2D eigenvalue weighted by Gasteiger charge is 2.16. The molecule has 0 spiro atoms. The van der Waals surface area contributed by atoms with Gasteiger partial charge in [-0.3, -0.25) is 4.79 Å². The molecule has 0 unspecified atom stereocenters. The minimum atomic E-state index is 0.215. The second kappa shape index (κ2) is 8.48. The van der Waals surface area contributed by atoms with E-state index in [2.05, 4.69) is 42.2 Å². The van der Waals surface area contributed by atoms with Gasteiger partial charge in [0.2, 0.25) is 5.91 Å². The van der Waals surface area contributed by atoms with Crippen molar-refractivity contribution in [2.75, 3.05) is 18.8 Å². The number of carbonyl (C=O) groups is 1. The van der Waals surface area contributed by atoms with Gasteiger partial charge in [0.1, 0.15) is 5.03 Å². The van der Waals surface area contributed by atoms with Gasteiger partial charge < -0.3 is 4.90 Å². The van der Waals surface area contributed by atoms with E-state index in [1.807, 2.05) is 17.0 Å². The lowest BCUT2D eigenvalue weighted by Crippen LogP contribution is -2.33. The second-order valence-electron chi connectivity index (χ2n) is 6.66. The van der Waals surface area contributed by atoms with E-state index in [-0.39, 0.29) is 5.91 Å². The molecule has 0 N–H and O–H groups in total. The van der Waals surface area contributed by atoms with Crippen LogP contribution < -0.4 is 0 Å². The van der Waals surface area contributed by atoms with Crippen LogP contribution in [0.15, 0.2) is 35.4 Å². The number of aromatic nitrogens is 2. The highest BCUT2D eigenvalue weighted by Crippen LogP contribution is 2.24. The number of hydrogen-bond donors (Lipinski definition) is 0. The van der Waals surface area contributed by atoms with Crippen LogP contribution in [0.3, 0.4) is 0 Å². The first-order valence-electron chi connectivity index (χ1n) is 8.95. The van der Waals surface area contributed by atoms with E-state index in [9.17, 15) is 4.79 Å². The Bertz CT molecular complexity index is 722. The van der Waals surface area contributed by atoms with E-state index in [1.54, 1.807) is 0 Å². The number of amides is 1. The molecule has 1 fully saturated rings. The van der Waals surface area contributed by atoms with Gasteiger partial charge in [0.05, 0.1) is 11.4 Å². The molecule has 2 heterocycles. The Morgan fingerprint density at radius 3 is 2.48 bits per heavy atom. The summed E-state index contributed by atoms with van der Waals surface area (Å²) in [5.41, 5.74) is 4.40. The number of nitrogens with zero attached hydrogens (tertiary/aromatic N) is 3. The van der Waals surface area contributed by atoms with Crippen LogP contribution in [0.1, 0.15) is 36.8 Å². The fourth-order valence-electron chi connectivity index (χ4n) is 3.10. The molecule has 1 aliphatic rings. The molecule has 4 nitrogen and oxygen atoms in total. The summed E-state index contributed by atoms with van der Waals surface area (Å²) in [5, 5.41) is 9.47. The fourth-order valence-corrected chi connectivity index (χ4v) is 3.82. The van der Waals surface area contributed by atoms with Gasteiger partial charge in [-0.2, -0.15) is 0 Å². The highest BCUT2D eigenvalue weighted by molar-refractivity contribution is 7.99. The van der Waals surface area contributed by atoms with E-state index in [0.29, 0.717) is 5.75 Å². The maximum absolute atomic E-state index is 12.4. The van der Waals surface area contributed by atoms with Crippen LogP contribution in [0.25, 0.3) is 11.3 Å². The first kappa shape index (κ1) is 17.9. The number of hydrogen-bond acceptors (Lipinski definition) is 4. The van der Waals surface area contributed by atoms with E-state index in [0.717, 1.165) is 42.2 Å². The molecule has 5 heteroatoms. The lowest BCUT2D eigenvalue weighted by atomic mass is 10.0. The molecule has 132 valence electrons. The largest absolute Gasteiger partial charge is 0.342 e. The van der Waals surface area contributed by atoms with E-state index < -0.39 is 0 Å². The number of thioether (sulfide) groups is 1. The molecule has 0 bridgehead atoms. The van der Waals surface area contributed by atoms with Gasteiger partial charge in [-0.25, -0.2) is 0 Å². The first-order valence-corrected chi connectivity index (χ1v) is 9.94. The van der Waals surface area contributed by atoms with Crippen LogP contribution >= 0.6 is 11.8 Å². The number of aryl methyl sites for hydroxylation is 2. The SMILES string of the molecule is Cc1ccc(C)c(-c2ccc(SCC(=O)N3CCCCCC3)nn2)c1. The van der Waals surface area contributed by atoms with Crippen LogP contribution in [-0.2, 0) is 4.79 Å². The minimum Gasteiger partial charge on any atom is -0.342 e. The van der Waals surface area contributed by atoms with Crippen molar-refractivity contribution in [1.29, 1.82) is 0 Å². The second-order valence-corrected chi connectivity index (χ2v) is 7.65. The first-order chi connectivity index (χ1) is 12.1. The average molecular weight is 356 g/mol. The van der Waals surface area contributed by atoms with E-state index >= 15 is 0 Å². The molecular weight excluding hydrogens is 330 g/mol. The Kier molecular flexibility index (Phi) is 6.08. The third-order valence-corrected chi connectivity index (χ3v) is 5.52. The summed E-state index contributed by atoms with van der Waals surface area (Å²) < 4.78 is 0. The Labute approximate surface area is 154 Å². The van der Waals surface area contributed by atoms with Gasteiger partial charge >= 0.3 is 0 Å². The van der Waals surface area contributed by atoms with Crippen LogP contribution in [-0.4, -0.2) is 39.8 Å². The standard InChI is InChI=1S/C20H25N3OS/c1-15-7-8-16(2)17(13-15)18-9-10-19(22-21-18)25-14-20(24)23-11-5-3-4-6-12-23/h7-10,13H,3-6,11-12,14H2,1-2H3. The lowest BCUT2D eigenvalue weighted by Gasteiger charge is -2.19. The topological polar surface area (TPSA) is 46.1 Å². The van der Waals surface area contributed by atoms with E-state index in [1.165, 1.54) is 35.7 Å². The fraction of sp³-hybridized carbons (Fsp3) is 0.450. The zero-order valence-corrected chi connectivity index (χ0v) is 15.8. The monoisotopic (exact) mass is 355 g/mol. The number of carbonyl (C=O) groups excluding carboxylic acids is 1. The zero-order valence-electron chi connectivity index (χ0n) is 15.0. The molecule has 25 heavy (non-hydrogen) atoms. The third kappa shape index (κ3) is 4.82. The summed E-state index contributed by atoms with van der Waals surface area (Å²) in [6.07, 6.45) is 4.73. The lowest BCUT2D eigenvalue weighted by molar-refractivity contribution is -0.128. The molecule has 0 aliphatic carbocycles. The van der Waals surface area contributed by atoms with Crippen molar-refractivity contribution in [3.63, 3.8) is 0 Å². The Morgan fingerprint density at radius 2 is 1.80 bits per heavy atom. The van der Waals surface area contributed by atoms with Gasteiger partial charge in [0.15, 0.2) is 0 Å². The number of rotatable bonds is 4. The maximum atomic E-state index is 12.4. The van der Waals surface area contributed by atoms with Gasteiger partial charge in [-0.05, 0) is 50.5 Å². The summed E-state index contributed by atoms with van der Waals surface area (Å²) in [6, 6.07) is 10.3. The van der Waals surface area contributed by atoms with Crippen molar-refractivity contribution >= 4 is 17.7 Å². The highest BCUT2D eigenvalue weighted by atomic mass is 32.2. The number of likely N-dealkylation sites (tertiary alicyclic amines) is 1. The quantitative estimate of drug-likeness (QED) is 0.769. The smallest absolute Gasteiger partial charge is 0.232 e. The molecule has 1 aliphatic heterocycles. The van der Waals surface area contributed by atoms with Crippen molar-refractivity contribution in [3.05, 3.63) is 41.5 Å². The van der Waals surface area contributed by atoms with Gasteiger partial charge in [0.25, 0.3) is 0 Å². The molecule has 0 radical (unpaired) electrons. The van der Waals surface area contributed by atoms with Crippen molar-refractivity contribution in [1.82, 2.24) is 15.1 Å². The van der Waals surface area contributed by atoms with Crippen LogP contribution in [0.2, 0.25) is 0 Å². The van der Waals surface area contributed by atoms with Crippen molar-refractivity contribution in [3.8, 4) is 11.3 Å².